The Labute approximate surface area is 136 Å². The first-order valence-corrected chi connectivity index (χ1v) is 7.94. The van der Waals surface area contributed by atoms with Crippen molar-refractivity contribution in [1.29, 1.82) is 0 Å². The second-order valence-corrected chi connectivity index (χ2v) is 5.85. The Morgan fingerprint density at radius 1 is 1.50 bits per heavy atom. The number of ether oxygens (including phenoxy) is 2. The van der Waals surface area contributed by atoms with Gasteiger partial charge in [0.1, 0.15) is 5.75 Å². The molecule has 1 fully saturated rings. The van der Waals surface area contributed by atoms with E-state index in [-0.39, 0.29) is 5.91 Å². The van der Waals surface area contributed by atoms with Gasteiger partial charge in [0.2, 0.25) is 5.91 Å². The molecule has 0 radical (unpaired) electrons. The first-order chi connectivity index (χ1) is 10.6. The predicted molar refractivity (Wildman–Crippen MR) is 87.8 cm³/mol. The van der Waals surface area contributed by atoms with Crippen LogP contribution in [0.2, 0.25) is 5.02 Å². The van der Waals surface area contributed by atoms with Crippen molar-refractivity contribution >= 4 is 23.2 Å². The molecule has 1 aromatic carbocycles. The number of amides is 1. The maximum absolute atomic E-state index is 12.0. The number of nitrogens with one attached hydrogen (secondary N) is 2. The largest absolute Gasteiger partial charge is 0.495 e. The number of halogens is 1. The Kier molecular flexibility index (Phi) is 6.49. The maximum Gasteiger partial charge on any atom is 0.225 e. The van der Waals surface area contributed by atoms with Gasteiger partial charge in [0.25, 0.3) is 0 Å². The van der Waals surface area contributed by atoms with Crippen molar-refractivity contribution in [2.45, 2.75) is 32.3 Å². The molecule has 0 saturated carbocycles. The molecule has 2 N–H and O–H groups in total. The van der Waals surface area contributed by atoms with Crippen molar-refractivity contribution in [3.8, 4) is 5.75 Å². The molecule has 1 unspecified atom stereocenters. The zero-order valence-corrected chi connectivity index (χ0v) is 13.8. The van der Waals surface area contributed by atoms with Crippen LogP contribution >= 0.6 is 11.6 Å². The van der Waals surface area contributed by atoms with Crippen LogP contribution in [0.1, 0.15) is 24.8 Å². The van der Waals surface area contributed by atoms with Crippen molar-refractivity contribution in [1.82, 2.24) is 5.32 Å². The molecule has 1 amide bonds. The van der Waals surface area contributed by atoms with Crippen molar-refractivity contribution in [2.75, 3.05) is 32.1 Å². The molecular formula is C16H23ClN2O3. The number of aryl methyl sites for hydroxylation is 1. The van der Waals surface area contributed by atoms with Crippen LogP contribution in [0.4, 0.5) is 5.69 Å². The Morgan fingerprint density at radius 2 is 2.32 bits per heavy atom. The number of benzene rings is 1. The zero-order chi connectivity index (χ0) is 15.9. The lowest BCUT2D eigenvalue weighted by atomic mass is 10.2. The van der Waals surface area contributed by atoms with Crippen LogP contribution < -0.4 is 15.4 Å². The highest BCUT2D eigenvalue weighted by atomic mass is 35.5. The average molecular weight is 327 g/mol. The molecule has 2 rings (SSSR count). The summed E-state index contributed by atoms with van der Waals surface area (Å²) in [6.45, 7) is 4.17. The Bertz CT molecular complexity index is 516. The molecule has 1 saturated heterocycles. The second kappa shape index (κ2) is 8.36. The van der Waals surface area contributed by atoms with Gasteiger partial charge in [-0.2, -0.15) is 0 Å². The fourth-order valence-electron chi connectivity index (χ4n) is 2.41. The minimum atomic E-state index is -0.0557. The molecule has 0 aromatic heterocycles. The SMILES string of the molecule is COc1cc(Cl)c(C)cc1NC(=O)CCNCC1CCCO1. The zero-order valence-electron chi connectivity index (χ0n) is 13.1. The third-order valence-corrected chi connectivity index (χ3v) is 4.09. The molecule has 5 nitrogen and oxygen atoms in total. The number of hydrogen-bond acceptors (Lipinski definition) is 4. The molecule has 0 spiro atoms. The topological polar surface area (TPSA) is 59.6 Å². The molecular weight excluding hydrogens is 304 g/mol. The van der Waals surface area contributed by atoms with E-state index in [1.54, 1.807) is 13.2 Å². The highest BCUT2D eigenvalue weighted by Crippen LogP contribution is 2.30. The summed E-state index contributed by atoms with van der Waals surface area (Å²) < 4.78 is 10.8. The smallest absolute Gasteiger partial charge is 0.225 e. The number of carbonyl (C=O) groups is 1. The van der Waals surface area contributed by atoms with E-state index in [0.717, 1.165) is 31.6 Å². The lowest BCUT2D eigenvalue weighted by molar-refractivity contribution is -0.116. The molecule has 1 aliphatic heterocycles. The van der Waals surface area contributed by atoms with Gasteiger partial charge in [0, 0.05) is 37.2 Å². The number of hydrogen-bond donors (Lipinski definition) is 2. The van der Waals surface area contributed by atoms with Gasteiger partial charge < -0.3 is 20.1 Å². The van der Waals surface area contributed by atoms with Crippen LogP contribution in [-0.4, -0.2) is 38.8 Å². The maximum atomic E-state index is 12.0. The fraction of sp³-hybridized carbons (Fsp3) is 0.562. The van der Waals surface area contributed by atoms with Gasteiger partial charge in [-0.1, -0.05) is 11.6 Å². The van der Waals surface area contributed by atoms with Gasteiger partial charge in [-0.05, 0) is 31.4 Å². The average Bonchev–Trinajstić information content (AvgIpc) is 3.00. The standard InChI is InChI=1S/C16H23ClN2O3/c1-11-8-14(15(21-2)9-13(11)17)19-16(20)5-6-18-10-12-4-3-7-22-12/h8-9,12,18H,3-7,10H2,1-2H3,(H,19,20). The van der Waals surface area contributed by atoms with E-state index in [4.69, 9.17) is 21.1 Å². The summed E-state index contributed by atoms with van der Waals surface area (Å²) in [6.07, 6.45) is 2.92. The summed E-state index contributed by atoms with van der Waals surface area (Å²) >= 11 is 6.05. The summed E-state index contributed by atoms with van der Waals surface area (Å²) in [5, 5.41) is 6.74. The van der Waals surface area contributed by atoms with E-state index in [2.05, 4.69) is 10.6 Å². The van der Waals surface area contributed by atoms with Gasteiger partial charge in [0.15, 0.2) is 0 Å². The van der Waals surface area contributed by atoms with Crippen molar-refractivity contribution in [2.24, 2.45) is 0 Å². The van der Waals surface area contributed by atoms with E-state index < -0.39 is 0 Å². The van der Waals surface area contributed by atoms with Crippen LogP contribution in [0.3, 0.4) is 0 Å². The molecule has 1 heterocycles. The van der Waals surface area contributed by atoms with Gasteiger partial charge in [-0.3, -0.25) is 4.79 Å². The summed E-state index contributed by atoms with van der Waals surface area (Å²) in [6, 6.07) is 3.53. The minimum absolute atomic E-state index is 0.0557. The molecule has 0 aliphatic carbocycles. The van der Waals surface area contributed by atoms with Crippen LogP contribution in [0.5, 0.6) is 5.75 Å². The van der Waals surface area contributed by atoms with Crippen LogP contribution in [0.15, 0.2) is 12.1 Å². The monoisotopic (exact) mass is 326 g/mol. The summed E-state index contributed by atoms with van der Waals surface area (Å²) in [7, 11) is 1.56. The molecule has 1 aromatic rings. The molecule has 6 heteroatoms. The number of rotatable bonds is 7. The van der Waals surface area contributed by atoms with Gasteiger partial charge in [0.05, 0.1) is 18.9 Å². The van der Waals surface area contributed by atoms with Gasteiger partial charge in [-0.15, -0.1) is 0 Å². The Hall–Kier alpha value is -1.30. The van der Waals surface area contributed by atoms with Crippen LogP contribution in [-0.2, 0) is 9.53 Å². The third-order valence-electron chi connectivity index (χ3n) is 3.68. The number of carbonyl (C=O) groups excluding carboxylic acids is 1. The Balaban J connectivity index is 1.77. The first kappa shape index (κ1) is 17.1. The van der Waals surface area contributed by atoms with E-state index in [0.29, 0.717) is 35.5 Å². The highest BCUT2D eigenvalue weighted by molar-refractivity contribution is 6.31. The van der Waals surface area contributed by atoms with Gasteiger partial charge in [-0.25, -0.2) is 0 Å². The fourth-order valence-corrected chi connectivity index (χ4v) is 2.57. The molecule has 22 heavy (non-hydrogen) atoms. The summed E-state index contributed by atoms with van der Waals surface area (Å²) in [5.74, 6) is 0.510. The van der Waals surface area contributed by atoms with Crippen LogP contribution in [0, 0.1) is 6.92 Å². The van der Waals surface area contributed by atoms with E-state index in [1.807, 2.05) is 13.0 Å². The molecule has 1 atom stereocenters. The van der Waals surface area contributed by atoms with Crippen molar-refractivity contribution in [3.63, 3.8) is 0 Å². The molecule has 1 aliphatic rings. The van der Waals surface area contributed by atoms with E-state index in [1.165, 1.54) is 0 Å². The third kappa shape index (κ3) is 4.87. The van der Waals surface area contributed by atoms with Crippen molar-refractivity contribution in [3.05, 3.63) is 22.7 Å². The van der Waals surface area contributed by atoms with E-state index in [9.17, 15) is 4.79 Å². The summed E-state index contributed by atoms with van der Waals surface area (Å²) in [5.41, 5.74) is 1.54. The quantitative estimate of drug-likeness (QED) is 0.756. The van der Waals surface area contributed by atoms with Crippen molar-refractivity contribution < 1.29 is 14.3 Å². The second-order valence-electron chi connectivity index (χ2n) is 5.44. The highest BCUT2D eigenvalue weighted by Gasteiger charge is 2.15. The lowest BCUT2D eigenvalue weighted by Crippen LogP contribution is -2.29. The van der Waals surface area contributed by atoms with Crippen LogP contribution in [0.25, 0.3) is 0 Å². The normalized spacial score (nSPS) is 17.5. The molecule has 0 bridgehead atoms. The first-order valence-electron chi connectivity index (χ1n) is 7.56. The predicted octanol–water partition coefficient (Wildman–Crippen LogP) is 2.75. The van der Waals surface area contributed by atoms with E-state index >= 15 is 0 Å². The Morgan fingerprint density at radius 3 is 3.00 bits per heavy atom. The summed E-state index contributed by atoms with van der Waals surface area (Å²) in [4.78, 5) is 12.0. The molecule has 122 valence electrons. The number of anilines is 1. The number of methoxy groups -OCH3 is 1. The minimum Gasteiger partial charge on any atom is -0.495 e. The lowest BCUT2D eigenvalue weighted by Gasteiger charge is -2.13. The van der Waals surface area contributed by atoms with Gasteiger partial charge >= 0.3 is 0 Å².